The standard InChI is InChI=1S/C24H32ClNO/c1-17-7-8-18(2)22(13-17)15-24(27,20(4)16-26(5)6)19(3)14-21-9-11-23(25)12-10-21/h7-14,20,27H,15-16H2,1-6H3. The molecule has 0 aliphatic heterocycles. The van der Waals surface area contributed by atoms with Crippen molar-refractivity contribution < 1.29 is 5.11 Å². The molecule has 1 N–H and O–H groups in total. The average molecular weight is 386 g/mol. The summed E-state index contributed by atoms with van der Waals surface area (Å²) in [6.07, 6.45) is 2.68. The molecule has 0 bridgehead atoms. The van der Waals surface area contributed by atoms with Gasteiger partial charge in [-0.2, -0.15) is 0 Å². The Labute approximate surface area is 169 Å². The third kappa shape index (κ3) is 5.68. The Hall–Kier alpha value is -1.61. The van der Waals surface area contributed by atoms with Crippen LogP contribution in [-0.2, 0) is 6.42 Å². The van der Waals surface area contributed by atoms with E-state index in [1.165, 1.54) is 16.7 Å². The molecule has 2 rings (SSSR count). The van der Waals surface area contributed by atoms with Crippen LogP contribution in [-0.4, -0.2) is 36.2 Å². The number of nitrogens with zero attached hydrogens (tertiary/aromatic N) is 1. The van der Waals surface area contributed by atoms with Crippen LogP contribution in [0.25, 0.3) is 6.08 Å². The van der Waals surface area contributed by atoms with Gasteiger partial charge in [0.05, 0.1) is 5.60 Å². The fraction of sp³-hybridized carbons (Fsp3) is 0.417. The minimum atomic E-state index is -0.928. The molecule has 0 heterocycles. The first-order valence-corrected chi connectivity index (χ1v) is 9.87. The number of aliphatic hydroxyl groups is 1. The summed E-state index contributed by atoms with van der Waals surface area (Å²) in [6, 6.07) is 14.2. The highest BCUT2D eigenvalue weighted by Gasteiger charge is 2.36. The van der Waals surface area contributed by atoms with Crippen molar-refractivity contribution in [2.45, 2.75) is 39.7 Å². The normalized spacial score (nSPS) is 15.7. The van der Waals surface area contributed by atoms with Crippen molar-refractivity contribution in [3.8, 4) is 0 Å². The van der Waals surface area contributed by atoms with Crippen molar-refractivity contribution >= 4 is 17.7 Å². The van der Waals surface area contributed by atoms with E-state index in [0.29, 0.717) is 6.42 Å². The first kappa shape index (κ1) is 21.7. The number of hydrogen-bond donors (Lipinski definition) is 1. The number of rotatable bonds is 7. The second-order valence-corrected chi connectivity index (χ2v) is 8.51. The third-order valence-electron chi connectivity index (χ3n) is 5.35. The molecule has 2 nitrogen and oxygen atoms in total. The maximum absolute atomic E-state index is 11.9. The van der Waals surface area contributed by atoms with Gasteiger partial charge >= 0.3 is 0 Å². The van der Waals surface area contributed by atoms with Gasteiger partial charge in [-0.3, -0.25) is 0 Å². The van der Waals surface area contributed by atoms with Crippen molar-refractivity contribution in [2.24, 2.45) is 5.92 Å². The van der Waals surface area contributed by atoms with Crippen LogP contribution in [0, 0.1) is 19.8 Å². The molecule has 27 heavy (non-hydrogen) atoms. The number of benzene rings is 2. The highest BCUT2D eigenvalue weighted by Crippen LogP contribution is 2.33. The maximum atomic E-state index is 11.9. The minimum Gasteiger partial charge on any atom is -0.385 e. The molecule has 0 saturated heterocycles. The van der Waals surface area contributed by atoms with E-state index < -0.39 is 5.60 Å². The van der Waals surface area contributed by atoms with Crippen molar-refractivity contribution in [3.05, 3.63) is 75.3 Å². The Morgan fingerprint density at radius 1 is 1.15 bits per heavy atom. The summed E-state index contributed by atoms with van der Waals surface area (Å²) in [7, 11) is 4.10. The zero-order chi connectivity index (χ0) is 20.2. The van der Waals surface area contributed by atoms with Gasteiger partial charge in [0.15, 0.2) is 0 Å². The lowest BCUT2D eigenvalue weighted by atomic mass is 9.76. The van der Waals surface area contributed by atoms with Gasteiger partial charge in [0, 0.05) is 23.9 Å². The lowest BCUT2D eigenvalue weighted by molar-refractivity contribution is 0.0148. The quantitative estimate of drug-likeness (QED) is 0.677. The van der Waals surface area contributed by atoms with Crippen molar-refractivity contribution in [2.75, 3.05) is 20.6 Å². The highest BCUT2D eigenvalue weighted by atomic mass is 35.5. The largest absolute Gasteiger partial charge is 0.385 e. The molecule has 2 aromatic carbocycles. The summed E-state index contributed by atoms with van der Waals surface area (Å²) < 4.78 is 0. The Bertz CT molecular complexity index is 795. The second-order valence-electron chi connectivity index (χ2n) is 8.07. The molecule has 0 aromatic heterocycles. The van der Waals surface area contributed by atoms with Crippen LogP contribution >= 0.6 is 11.6 Å². The van der Waals surface area contributed by atoms with E-state index in [9.17, 15) is 5.11 Å². The number of aryl methyl sites for hydroxylation is 2. The van der Waals surface area contributed by atoms with Crippen LogP contribution in [0.2, 0.25) is 5.02 Å². The SMILES string of the molecule is CC(=Cc1ccc(Cl)cc1)C(O)(Cc1cc(C)ccc1C)C(C)CN(C)C. The van der Waals surface area contributed by atoms with Crippen LogP contribution in [0.3, 0.4) is 0 Å². The lowest BCUT2D eigenvalue weighted by Gasteiger charge is -2.37. The molecular formula is C24H32ClNO. The van der Waals surface area contributed by atoms with Crippen molar-refractivity contribution in [1.82, 2.24) is 4.90 Å². The molecule has 2 atom stereocenters. The summed E-state index contributed by atoms with van der Waals surface area (Å²) in [4.78, 5) is 2.13. The fourth-order valence-electron chi connectivity index (χ4n) is 3.62. The summed E-state index contributed by atoms with van der Waals surface area (Å²) >= 11 is 6.01. The van der Waals surface area contributed by atoms with E-state index in [1.54, 1.807) is 0 Å². The third-order valence-corrected chi connectivity index (χ3v) is 5.61. The van der Waals surface area contributed by atoms with E-state index in [0.717, 1.165) is 22.7 Å². The zero-order valence-corrected chi connectivity index (χ0v) is 18.1. The molecule has 0 spiro atoms. The van der Waals surface area contributed by atoms with Crippen LogP contribution in [0.15, 0.2) is 48.0 Å². The predicted molar refractivity (Wildman–Crippen MR) is 117 cm³/mol. The summed E-state index contributed by atoms with van der Waals surface area (Å²) in [5, 5.41) is 12.6. The molecule has 3 heteroatoms. The molecule has 0 amide bonds. The van der Waals surface area contributed by atoms with Gasteiger partial charge in [-0.05, 0) is 69.3 Å². The Morgan fingerprint density at radius 3 is 2.37 bits per heavy atom. The summed E-state index contributed by atoms with van der Waals surface area (Å²) in [5.41, 5.74) is 4.73. The van der Waals surface area contributed by atoms with E-state index in [2.05, 4.69) is 49.9 Å². The topological polar surface area (TPSA) is 23.5 Å². The first-order valence-electron chi connectivity index (χ1n) is 9.49. The molecule has 0 aliphatic rings. The van der Waals surface area contributed by atoms with Gasteiger partial charge in [0.2, 0.25) is 0 Å². The van der Waals surface area contributed by atoms with Crippen molar-refractivity contribution in [1.29, 1.82) is 0 Å². The zero-order valence-electron chi connectivity index (χ0n) is 17.4. The molecule has 0 aliphatic carbocycles. The van der Waals surface area contributed by atoms with Crippen LogP contribution in [0.4, 0.5) is 0 Å². The van der Waals surface area contributed by atoms with Gasteiger partial charge in [0.25, 0.3) is 0 Å². The van der Waals surface area contributed by atoms with Gasteiger partial charge in [-0.15, -0.1) is 0 Å². The lowest BCUT2D eigenvalue weighted by Crippen LogP contribution is -2.44. The van der Waals surface area contributed by atoms with Gasteiger partial charge in [-0.25, -0.2) is 0 Å². The first-order chi connectivity index (χ1) is 12.6. The molecule has 2 unspecified atom stereocenters. The molecule has 0 fully saturated rings. The highest BCUT2D eigenvalue weighted by molar-refractivity contribution is 6.30. The van der Waals surface area contributed by atoms with Gasteiger partial charge in [0.1, 0.15) is 0 Å². The minimum absolute atomic E-state index is 0.0796. The van der Waals surface area contributed by atoms with Crippen LogP contribution < -0.4 is 0 Å². The predicted octanol–water partition coefficient (Wildman–Crippen LogP) is 5.53. The van der Waals surface area contributed by atoms with E-state index in [-0.39, 0.29) is 5.92 Å². The molecular weight excluding hydrogens is 354 g/mol. The van der Waals surface area contributed by atoms with Gasteiger partial charge < -0.3 is 10.0 Å². The van der Waals surface area contributed by atoms with Gasteiger partial charge in [-0.1, -0.05) is 60.5 Å². The Balaban J connectivity index is 2.45. The Kier molecular flexibility index (Phi) is 7.27. The average Bonchev–Trinajstić information content (AvgIpc) is 2.59. The maximum Gasteiger partial charge on any atom is 0.0935 e. The van der Waals surface area contributed by atoms with Crippen LogP contribution in [0.1, 0.15) is 36.1 Å². The van der Waals surface area contributed by atoms with E-state index in [4.69, 9.17) is 11.6 Å². The summed E-state index contributed by atoms with van der Waals surface area (Å²) in [6.45, 7) is 9.19. The van der Waals surface area contributed by atoms with E-state index in [1.807, 2.05) is 45.3 Å². The number of hydrogen-bond acceptors (Lipinski definition) is 2. The fourth-order valence-corrected chi connectivity index (χ4v) is 3.74. The van der Waals surface area contributed by atoms with E-state index >= 15 is 0 Å². The van der Waals surface area contributed by atoms with Crippen LogP contribution in [0.5, 0.6) is 0 Å². The summed E-state index contributed by atoms with van der Waals surface area (Å²) in [5.74, 6) is 0.0796. The monoisotopic (exact) mass is 385 g/mol. The molecule has 146 valence electrons. The number of halogens is 1. The molecule has 0 radical (unpaired) electrons. The molecule has 2 aromatic rings. The smallest absolute Gasteiger partial charge is 0.0935 e. The molecule has 0 saturated carbocycles. The van der Waals surface area contributed by atoms with Crippen molar-refractivity contribution in [3.63, 3.8) is 0 Å². The Morgan fingerprint density at radius 2 is 1.78 bits per heavy atom. The second kappa shape index (κ2) is 9.05.